The molecule has 2 aromatic heterocycles. The average Bonchev–Trinajstić information content (AvgIpc) is 3.18. The van der Waals surface area contributed by atoms with E-state index in [-0.39, 0.29) is 12.7 Å². The zero-order valence-electron chi connectivity index (χ0n) is 21.7. The number of nitrogens with zero attached hydrogens (tertiary/aromatic N) is 6. The lowest BCUT2D eigenvalue weighted by Crippen LogP contribution is -2.48. The van der Waals surface area contributed by atoms with Crippen LogP contribution in [0.1, 0.15) is 12.0 Å². The lowest BCUT2D eigenvalue weighted by molar-refractivity contribution is 0.0209. The van der Waals surface area contributed by atoms with E-state index < -0.39 is 6.09 Å². The molecule has 11 nitrogen and oxygen atoms in total. The SMILES string of the molecule is O=C(O)N1CCN(c2ncc(Oc3cc(CN4CCO[C@H](CO)CC4)cc(-c4cc(Cl)cc(Cl)c4)n3)cn2)CC1. The second kappa shape index (κ2) is 13.0. The van der Waals surface area contributed by atoms with Gasteiger partial charge in [0.2, 0.25) is 11.8 Å². The minimum absolute atomic E-state index is 0.0140. The third-order valence-corrected chi connectivity index (χ3v) is 7.26. The number of piperazine rings is 1. The van der Waals surface area contributed by atoms with E-state index in [1.165, 1.54) is 4.90 Å². The number of hydrogen-bond donors (Lipinski definition) is 2. The van der Waals surface area contributed by atoms with E-state index in [0.29, 0.717) is 72.6 Å². The number of anilines is 1. The molecule has 0 saturated carbocycles. The number of ether oxygens (including phenoxy) is 2. The Labute approximate surface area is 241 Å². The van der Waals surface area contributed by atoms with E-state index in [1.54, 1.807) is 30.6 Å². The molecule has 0 aliphatic carbocycles. The quantitative estimate of drug-likeness (QED) is 0.418. The van der Waals surface area contributed by atoms with E-state index >= 15 is 0 Å². The van der Waals surface area contributed by atoms with Crippen molar-refractivity contribution in [1.29, 1.82) is 0 Å². The molecule has 212 valence electrons. The Bertz CT molecular complexity index is 1300. The summed E-state index contributed by atoms with van der Waals surface area (Å²) in [6.45, 7) is 4.55. The van der Waals surface area contributed by atoms with Gasteiger partial charge in [0, 0.05) is 67.5 Å². The highest BCUT2D eigenvalue weighted by Crippen LogP contribution is 2.30. The number of carbonyl (C=O) groups is 1. The van der Waals surface area contributed by atoms with Gasteiger partial charge in [0.1, 0.15) is 0 Å². The van der Waals surface area contributed by atoms with Gasteiger partial charge in [-0.3, -0.25) is 4.90 Å². The van der Waals surface area contributed by atoms with Crippen LogP contribution in [0.3, 0.4) is 0 Å². The minimum atomic E-state index is -0.919. The summed E-state index contributed by atoms with van der Waals surface area (Å²) in [5, 5.41) is 19.6. The van der Waals surface area contributed by atoms with Crippen LogP contribution in [0, 0.1) is 0 Å². The molecule has 0 unspecified atom stereocenters. The lowest BCUT2D eigenvalue weighted by Gasteiger charge is -2.32. The first-order valence-electron chi connectivity index (χ1n) is 13.0. The van der Waals surface area contributed by atoms with Crippen LogP contribution in [-0.4, -0.2) is 99.6 Å². The van der Waals surface area contributed by atoms with Crippen molar-refractivity contribution in [2.75, 3.05) is 57.4 Å². The maximum absolute atomic E-state index is 11.2. The van der Waals surface area contributed by atoms with Gasteiger partial charge in [-0.2, -0.15) is 0 Å². The zero-order valence-corrected chi connectivity index (χ0v) is 23.3. The first-order valence-corrected chi connectivity index (χ1v) is 13.8. The molecule has 4 heterocycles. The summed E-state index contributed by atoms with van der Waals surface area (Å²) in [5.74, 6) is 1.30. The predicted molar refractivity (Wildman–Crippen MR) is 150 cm³/mol. The molecule has 1 atom stereocenters. The van der Waals surface area contributed by atoms with Crippen molar-refractivity contribution in [3.8, 4) is 22.9 Å². The molecule has 1 amide bonds. The molecule has 2 aliphatic rings. The number of rotatable bonds is 7. The Hall–Kier alpha value is -3.22. The number of carboxylic acid groups (broad SMARTS) is 1. The monoisotopic (exact) mass is 588 g/mol. The molecule has 1 aromatic carbocycles. The number of aliphatic hydroxyl groups excluding tert-OH is 1. The summed E-state index contributed by atoms with van der Waals surface area (Å²) in [6.07, 6.45) is 2.84. The third kappa shape index (κ3) is 7.29. The molecule has 13 heteroatoms. The van der Waals surface area contributed by atoms with Crippen LogP contribution in [0.4, 0.5) is 10.7 Å². The van der Waals surface area contributed by atoms with Crippen molar-refractivity contribution in [3.05, 3.63) is 58.3 Å². The lowest BCUT2D eigenvalue weighted by atomic mass is 10.1. The molecule has 0 radical (unpaired) electrons. The fourth-order valence-corrected chi connectivity index (χ4v) is 5.25. The summed E-state index contributed by atoms with van der Waals surface area (Å²) < 4.78 is 11.8. The Kier molecular flexibility index (Phi) is 9.18. The number of aromatic nitrogens is 3. The normalized spacial score (nSPS) is 18.4. The van der Waals surface area contributed by atoms with Crippen LogP contribution in [-0.2, 0) is 11.3 Å². The molecule has 3 aromatic rings. The molecule has 2 N–H and O–H groups in total. The van der Waals surface area contributed by atoms with Crippen molar-refractivity contribution < 1.29 is 24.5 Å². The average molecular weight is 589 g/mol. The zero-order chi connectivity index (χ0) is 28.1. The number of aliphatic hydroxyl groups is 1. The van der Waals surface area contributed by atoms with Gasteiger partial charge in [-0.05, 0) is 36.2 Å². The Morgan fingerprint density at radius 3 is 2.40 bits per heavy atom. The summed E-state index contributed by atoms with van der Waals surface area (Å²) in [6, 6.07) is 9.14. The summed E-state index contributed by atoms with van der Waals surface area (Å²) in [4.78, 5) is 30.3. The van der Waals surface area contributed by atoms with Crippen molar-refractivity contribution in [2.45, 2.75) is 19.1 Å². The molecule has 2 saturated heterocycles. The minimum Gasteiger partial charge on any atom is -0.465 e. The maximum atomic E-state index is 11.2. The highest BCUT2D eigenvalue weighted by molar-refractivity contribution is 6.35. The highest BCUT2D eigenvalue weighted by Gasteiger charge is 2.22. The maximum Gasteiger partial charge on any atom is 0.407 e. The van der Waals surface area contributed by atoms with Gasteiger partial charge in [-0.25, -0.2) is 19.7 Å². The van der Waals surface area contributed by atoms with Gasteiger partial charge in [0.25, 0.3) is 0 Å². The van der Waals surface area contributed by atoms with Crippen LogP contribution in [0.25, 0.3) is 11.3 Å². The molecule has 2 aliphatic heterocycles. The Morgan fingerprint density at radius 1 is 1.00 bits per heavy atom. The summed E-state index contributed by atoms with van der Waals surface area (Å²) in [5.41, 5.74) is 2.40. The van der Waals surface area contributed by atoms with E-state index in [9.17, 15) is 9.90 Å². The van der Waals surface area contributed by atoms with E-state index in [4.69, 9.17) is 42.8 Å². The number of benzene rings is 1. The van der Waals surface area contributed by atoms with E-state index in [2.05, 4.69) is 14.9 Å². The molecule has 0 bridgehead atoms. The number of pyridine rings is 1. The van der Waals surface area contributed by atoms with Crippen LogP contribution >= 0.6 is 23.2 Å². The molecule has 2 fully saturated rings. The highest BCUT2D eigenvalue weighted by atomic mass is 35.5. The third-order valence-electron chi connectivity index (χ3n) is 6.83. The van der Waals surface area contributed by atoms with Gasteiger partial charge >= 0.3 is 6.09 Å². The van der Waals surface area contributed by atoms with E-state index in [1.807, 2.05) is 17.0 Å². The predicted octanol–water partition coefficient (Wildman–Crippen LogP) is 4.02. The molecular formula is C27H30Cl2N6O5. The topological polar surface area (TPSA) is 124 Å². The molecule has 0 spiro atoms. The van der Waals surface area contributed by atoms with Crippen LogP contribution in [0.15, 0.2) is 42.7 Å². The van der Waals surface area contributed by atoms with Crippen molar-refractivity contribution >= 4 is 35.2 Å². The number of hydrogen-bond acceptors (Lipinski definition) is 9. The van der Waals surface area contributed by atoms with Gasteiger partial charge in [0.15, 0.2) is 5.75 Å². The van der Waals surface area contributed by atoms with Crippen molar-refractivity contribution in [1.82, 2.24) is 24.8 Å². The van der Waals surface area contributed by atoms with Gasteiger partial charge in [-0.1, -0.05) is 23.2 Å². The van der Waals surface area contributed by atoms with E-state index in [0.717, 1.165) is 30.6 Å². The summed E-state index contributed by atoms with van der Waals surface area (Å²) in [7, 11) is 0. The van der Waals surface area contributed by atoms with Crippen LogP contribution in [0.2, 0.25) is 10.0 Å². The first-order chi connectivity index (χ1) is 19.4. The Balaban J connectivity index is 1.35. The molecular weight excluding hydrogens is 559 g/mol. The van der Waals surface area contributed by atoms with Crippen LogP contribution in [0.5, 0.6) is 11.6 Å². The molecule has 5 rings (SSSR count). The second-order valence-electron chi connectivity index (χ2n) is 9.67. The molecule has 40 heavy (non-hydrogen) atoms. The van der Waals surface area contributed by atoms with Crippen LogP contribution < -0.4 is 9.64 Å². The van der Waals surface area contributed by atoms with Crippen molar-refractivity contribution in [3.63, 3.8) is 0 Å². The van der Waals surface area contributed by atoms with Crippen molar-refractivity contribution in [2.24, 2.45) is 0 Å². The second-order valence-corrected chi connectivity index (χ2v) is 10.5. The fraction of sp³-hybridized carbons (Fsp3) is 0.407. The largest absolute Gasteiger partial charge is 0.465 e. The summed E-state index contributed by atoms with van der Waals surface area (Å²) >= 11 is 12.5. The fourth-order valence-electron chi connectivity index (χ4n) is 4.73. The number of halogens is 2. The van der Waals surface area contributed by atoms with Gasteiger partial charge in [0.05, 0.1) is 37.4 Å². The number of amides is 1. The smallest absolute Gasteiger partial charge is 0.407 e. The Morgan fingerprint density at radius 2 is 1.73 bits per heavy atom. The first kappa shape index (κ1) is 28.3. The van der Waals surface area contributed by atoms with Gasteiger partial charge < -0.3 is 29.5 Å². The standard InChI is InChI=1S/C27H30Cl2N6O5/c28-20-11-19(12-21(29)13-20)24-9-18(16-33-2-1-22(17-36)39-8-7-33)10-25(32-24)40-23-14-30-26(31-15-23)34-3-5-35(6-4-34)27(37)38/h9-15,22,36H,1-8,16-17H2,(H,37,38)/t22-/m0/s1. The van der Waals surface area contributed by atoms with Gasteiger partial charge in [-0.15, -0.1) is 0 Å².